The van der Waals surface area contributed by atoms with Gasteiger partial charge in [-0.1, -0.05) is 6.07 Å². The number of terminal acetylenes is 2. The molecule has 1 fully saturated rings. The summed E-state index contributed by atoms with van der Waals surface area (Å²) >= 11 is 3.22. The fraction of sp³-hybridized carbons (Fsp3) is 0.185. The second kappa shape index (κ2) is 23.9. The first-order valence-electron chi connectivity index (χ1n) is 21.1. The van der Waals surface area contributed by atoms with E-state index in [4.69, 9.17) is 49.9 Å². The lowest BCUT2D eigenvalue weighted by Crippen LogP contribution is -2.41. The van der Waals surface area contributed by atoms with Gasteiger partial charge in [-0.15, -0.1) is 12.8 Å². The molecule has 0 amide bonds. The summed E-state index contributed by atoms with van der Waals surface area (Å²) in [7, 11) is 2.72. The average molecular weight is 996 g/mol. The van der Waals surface area contributed by atoms with Gasteiger partial charge < -0.3 is 37.1 Å². The van der Waals surface area contributed by atoms with Crippen LogP contribution in [0.4, 0.5) is 0 Å². The van der Waals surface area contributed by atoms with Crippen molar-refractivity contribution in [3.05, 3.63) is 126 Å². The number of hydrogen-bond donors (Lipinski definition) is 0. The number of furan rings is 2. The first-order chi connectivity index (χ1) is 33.8. The third-order valence-electron chi connectivity index (χ3n) is 10.4. The first kappa shape index (κ1) is 50.8. The predicted octanol–water partition coefficient (Wildman–Crippen LogP) is 10.1. The summed E-state index contributed by atoms with van der Waals surface area (Å²) < 4.78 is 46.8. The van der Waals surface area contributed by atoms with Crippen LogP contribution < -0.4 is 24.4 Å². The molecule has 9 rings (SSSR count). The molecule has 0 bridgehead atoms. The molecule has 2 aromatic carbocycles. The van der Waals surface area contributed by atoms with E-state index in [1.807, 2.05) is 84.0 Å². The molecule has 0 N–H and O–H groups in total. The molecule has 0 saturated carbocycles. The Bertz CT molecular complexity index is 3320. The maximum atomic E-state index is 6.13. The maximum Gasteiger partial charge on any atom is 0.498 e. The van der Waals surface area contributed by atoms with Gasteiger partial charge in [0.05, 0.1) is 65.8 Å². The molecule has 70 heavy (non-hydrogen) atoms. The Morgan fingerprint density at radius 2 is 1.04 bits per heavy atom. The van der Waals surface area contributed by atoms with Crippen molar-refractivity contribution < 1.29 is 37.1 Å². The lowest BCUT2D eigenvalue weighted by atomic mass is 9.78. The third-order valence-corrected chi connectivity index (χ3v) is 11.2. The predicted molar refractivity (Wildman–Crippen MR) is 271 cm³/mol. The first-order valence-corrected chi connectivity index (χ1v) is 21.9. The summed E-state index contributed by atoms with van der Waals surface area (Å²) in [6, 6.07) is 18.4. The van der Waals surface area contributed by atoms with Gasteiger partial charge in [0.15, 0.2) is 0 Å². The van der Waals surface area contributed by atoms with Gasteiger partial charge >= 0.3 is 7.12 Å². The fourth-order valence-corrected chi connectivity index (χ4v) is 6.45. The lowest BCUT2D eigenvalue weighted by Gasteiger charge is -2.32. The van der Waals surface area contributed by atoms with Crippen molar-refractivity contribution in [2.75, 3.05) is 14.2 Å². The van der Waals surface area contributed by atoms with Gasteiger partial charge in [0.25, 0.3) is 0 Å². The Labute approximate surface area is 415 Å². The van der Waals surface area contributed by atoms with E-state index in [-0.39, 0.29) is 0 Å². The van der Waals surface area contributed by atoms with E-state index in [1.165, 1.54) is 0 Å². The van der Waals surface area contributed by atoms with Crippen molar-refractivity contribution in [2.24, 2.45) is 0 Å². The van der Waals surface area contributed by atoms with Crippen LogP contribution in [0, 0.1) is 74.1 Å². The monoisotopic (exact) mass is 994 g/mol. The van der Waals surface area contributed by atoms with Gasteiger partial charge in [0.2, 0.25) is 11.8 Å². The molecule has 1 aliphatic heterocycles. The number of aryl methyl sites for hydroxylation is 2. The highest BCUT2D eigenvalue weighted by Gasteiger charge is 2.52. The molecule has 348 valence electrons. The highest BCUT2D eigenvalue weighted by molar-refractivity contribution is 9.10. The summed E-state index contributed by atoms with van der Waals surface area (Å²) in [5.74, 6) is 21.8. The molecule has 0 aliphatic carbocycles. The van der Waals surface area contributed by atoms with Gasteiger partial charge in [0, 0.05) is 60.3 Å². The Morgan fingerprint density at radius 1 is 0.557 bits per heavy atom. The molecule has 0 spiro atoms. The smallest absolute Gasteiger partial charge is 0.497 e. The van der Waals surface area contributed by atoms with E-state index in [0.29, 0.717) is 34.8 Å². The van der Waals surface area contributed by atoms with Crippen LogP contribution in [0.5, 0.6) is 34.8 Å². The number of aromatic nitrogens is 6. The van der Waals surface area contributed by atoms with E-state index in [9.17, 15) is 0 Å². The zero-order valence-corrected chi connectivity index (χ0v) is 41.0. The fourth-order valence-electron chi connectivity index (χ4n) is 6.23. The number of halogens is 1. The normalized spacial score (nSPS) is 12.4. The second-order valence-corrected chi connectivity index (χ2v) is 16.2. The molecule has 0 atom stereocenters. The minimum absolute atomic E-state index is 0.418. The summed E-state index contributed by atoms with van der Waals surface area (Å²) in [5, 5.41) is 1.63. The van der Waals surface area contributed by atoms with Gasteiger partial charge in [-0.2, -0.15) is 0 Å². The van der Waals surface area contributed by atoms with Crippen molar-refractivity contribution in [3.63, 3.8) is 0 Å². The van der Waals surface area contributed by atoms with Crippen LogP contribution in [0.2, 0.25) is 0 Å². The van der Waals surface area contributed by atoms with E-state index in [1.54, 1.807) is 82.1 Å². The molecule has 0 unspecified atom stereocenters. The van der Waals surface area contributed by atoms with Crippen LogP contribution in [-0.4, -0.2) is 62.4 Å². The number of methoxy groups -OCH3 is 2. The number of fused-ring (bicyclic) bond motifs is 2. The zero-order chi connectivity index (χ0) is 50.1. The van der Waals surface area contributed by atoms with Crippen LogP contribution in [-0.2, 0) is 9.31 Å². The maximum absolute atomic E-state index is 6.13. The van der Waals surface area contributed by atoms with Crippen LogP contribution in [0.25, 0.3) is 33.2 Å². The molecule has 1 saturated heterocycles. The van der Waals surface area contributed by atoms with Crippen molar-refractivity contribution in [1.82, 2.24) is 29.9 Å². The topological polar surface area (TPSA) is 159 Å². The largest absolute Gasteiger partial charge is 0.498 e. The highest BCUT2D eigenvalue weighted by Crippen LogP contribution is 2.39. The third kappa shape index (κ3) is 12.9. The van der Waals surface area contributed by atoms with Gasteiger partial charge in [-0.3, -0.25) is 15.0 Å². The van der Waals surface area contributed by atoms with Crippen LogP contribution in [0.3, 0.4) is 0 Å². The minimum Gasteiger partial charge on any atom is -0.497 e. The molecule has 14 nitrogen and oxygen atoms in total. The second-order valence-electron chi connectivity index (χ2n) is 15.4. The molecule has 8 aromatic rings. The molecule has 7 heterocycles. The molecule has 0 radical (unpaired) electrons. The molecule has 6 aromatic heterocycles. The van der Waals surface area contributed by atoms with E-state index in [2.05, 4.69) is 93.2 Å². The Morgan fingerprint density at radius 3 is 1.53 bits per heavy atom. The molecular weight excluding hydrogens is 951 g/mol. The quantitative estimate of drug-likeness (QED) is 0.105. The van der Waals surface area contributed by atoms with Crippen LogP contribution in [0.15, 0.2) is 124 Å². The lowest BCUT2D eigenvalue weighted by molar-refractivity contribution is 0.00578. The van der Waals surface area contributed by atoms with Crippen molar-refractivity contribution in [1.29, 1.82) is 0 Å². The average Bonchev–Trinajstić information content (AvgIpc) is 4.10. The van der Waals surface area contributed by atoms with Crippen LogP contribution >= 0.6 is 15.9 Å². The Hall–Kier alpha value is -8.56. The van der Waals surface area contributed by atoms with Crippen molar-refractivity contribution >= 4 is 50.4 Å². The van der Waals surface area contributed by atoms with Gasteiger partial charge in [0.1, 0.15) is 38.8 Å². The molecule has 16 heteroatoms. The van der Waals surface area contributed by atoms with Crippen molar-refractivity contribution in [2.45, 2.75) is 52.7 Å². The molecular formula is C54H44BBrN6O8. The number of hydrogen-bond acceptors (Lipinski definition) is 14. The Balaban J connectivity index is 0.000000171. The number of nitrogens with zero attached hydrogens (tertiary/aromatic N) is 6. The minimum atomic E-state index is -0.505. The van der Waals surface area contributed by atoms with E-state index in [0.717, 1.165) is 54.6 Å². The summed E-state index contributed by atoms with van der Waals surface area (Å²) in [4.78, 5) is 25.2. The standard InChI is InChI=1S/C20H22BNO5.C19H15N3O3.C10H2.C5H5BrN2/c1-19(2)20(3,4)27-21(26-19)15-7-6-13(12-17(15)23-5)25-18-14-9-11-24-16(14)8-10-22-18;1-12-18(21-9-8-20-12)14-4-3-13(11-17(14)23-2)25-19-15-6-10-24-16(15)5-7-22-19;1-3-5-7-9-10-8-6-4-2;1-4-5(6)8-3-2-7-4/h6-12H,1-5H3;3-11H,1-2H3;1-2H;2-3H,1H3. The van der Waals surface area contributed by atoms with Crippen molar-refractivity contribution in [3.8, 4) is 106 Å². The van der Waals surface area contributed by atoms with Gasteiger partial charge in [-0.25, -0.2) is 15.0 Å². The SMILES string of the molecule is C#CC#CC#CC#CC#C.COc1cc(Oc2nccc3occc23)ccc1-c1nccnc1C.COc1cc(Oc2nccc3occc23)ccc1B1OC(C)(C)C(C)(C)O1.Cc1nccnc1Br. The van der Waals surface area contributed by atoms with E-state index < -0.39 is 18.3 Å². The zero-order valence-electron chi connectivity index (χ0n) is 39.5. The van der Waals surface area contributed by atoms with Crippen LogP contribution in [0.1, 0.15) is 39.1 Å². The number of pyridine rings is 2. The Kier molecular flexibility index (Phi) is 17.4. The summed E-state index contributed by atoms with van der Waals surface area (Å²) in [5.41, 5.74) is 4.82. The highest BCUT2D eigenvalue weighted by atomic mass is 79.9. The number of benzene rings is 2. The number of ether oxygens (including phenoxy) is 4. The molecule has 1 aliphatic rings. The van der Waals surface area contributed by atoms with E-state index >= 15 is 0 Å². The summed E-state index contributed by atoms with van der Waals surface area (Å²) in [6.45, 7) is 11.9. The summed E-state index contributed by atoms with van der Waals surface area (Å²) in [6.07, 6.45) is 22.8. The van der Waals surface area contributed by atoms with Gasteiger partial charge in [-0.05, 0) is 147 Å². The number of rotatable bonds is 8.